The summed E-state index contributed by atoms with van der Waals surface area (Å²) in [6.07, 6.45) is 3.40. The zero-order valence-corrected chi connectivity index (χ0v) is 13.3. The van der Waals surface area contributed by atoms with Gasteiger partial charge in [-0.1, -0.05) is 11.3 Å². The first-order valence-electron chi connectivity index (χ1n) is 7.81. The van der Waals surface area contributed by atoms with E-state index in [4.69, 9.17) is 4.74 Å². The third kappa shape index (κ3) is 3.04. The van der Waals surface area contributed by atoms with E-state index in [9.17, 15) is 9.90 Å². The molecule has 2 aromatic rings. The van der Waals surface area contributed by atoms with E-state index in [1.165, 1.54) is 17.8 Å². The number of benzene rings is 1. The second-order valence-electron chi connectivity index (χ2n) is 6.08. The van der Waals surface area contributed by atoms with Gasteiger partial charge in [-0.05, 0) is 55.7 Å². The minimum Gasteiger partial charge on any atom is -0.508 e. The highest BCUT2D eigenvalue weighted by molar-refractivity contribution is 7.15. The molecule has 2 fully saturated rings. The molecule has 3 heterocycles. The molecule has 1 aromatic heterocycles. The average Bonchev–Trinajstić information content (AvgIpc) is 3.26. The lowest BCUT2D eigenvalue weighted by Gasteiger charge is -2.20. The zero-order valence-electron chi connectivity index (χ0n) is 12.5. The van der Waals surface area contributed by atoms with E-state index in [1.807, 2.05) is 0 Å². The van der Waals surface area contributed by atoms with E-state index in [-0.39, 0.29) is 17.7 Å². The third-order valence-corrected chi connectivity index (χ3v) is 5.44. The number of hydrogen-bond donors (Lipinski definition) is 3. The van der Waals surface area contributed by atoms with E-state index in [1.54, 1.807) is 36.4 Å². The van der Waals surface area contributed by atoms with Crippen LogP contribution in [0.25, 0.3) is 0 Å². The van der Waals surface area contributed by atoms with Crippen LogP contribution in [0.15, 0.2) is 36.4 Å². The second-order valence-corrected chi connectivity index (χ2v) is 7.12. The van der Waals surface area contributed by atoms with Crippen LogP contribution in [-0.2, 0) is 0 Å². The minimum atomic E-state index is -0.0325. The van der Waals surface area contributed by atoms with Gasteiger partial charge in [-0.3, -0.25) is 4.79 Å². The number of amides is 1. The maximum absolute atomic E-state index is 12.4. The van der Waals surface area contributed by atoms with Gasteiger partial charge in [0.2, 0.25) is 0 Å². The zero-order chi connectivity index (χ0) is 15.8. The molecule has 120 valence electrons. The monoisotopic (exact) mass is 330 g/mol. The number of carbonyl (C=O) groups excluding carboxylic acids is 1. The van der Waals surface area contributed by atoms with Crippen LogP contribution in [0.4, 0.5) is 0 Å². The van der Waals surface area contributed by atoms with Gasteiger partial charge in [0.05, 0.1) is 4.88 Å². The molecule has 3 atom stereocenters. The molecule has 0 aliphatic carbocycles. The van der Waals surface area contributed by atoms with Gasteiger partial charge in [-0.2, -0.15) is 0 Å². The summed E-state index contributed by atoms with van der Waals surface area (Å²) < 4.78 is 5.70. The van der Waals surface area contributed by atoms with Crippen molar-refractivity contribution < 1.29 is 14.6 Å². The highest BCUT2D eigenvalue weighted by Gasteiger charge is 2.39. The summed E-state index contributed by atoms with van der Waals surface area (Å²) in [5.74, 6) is 0.798. The lowest BCUT2D eigenvalue weighted by atomic mass is 9.95. The maximum Gasteiger partial charge on any atom is 0.261 e. The summed E-state index contributed by atoms with van der Waals surface area (Å²) >= 11 is 1.33. The number of phenols is 1. The van der Waals surface area contributed by atoms with Crippen LogP contribution in [0.5, 0.6) is 16.6 Å². The van der Waals surface area contributed by atoms with Crippen molar-refractivity contribution in [2.24, 2.45) is 0 Å². The summed E-state index contributed by atoms with van der Waals surface area (Å²) in [7, 11) is 0. The Hall–Kier alpha value is -2.05. The molecule has 0 spiro atoms. The molecule has 5 nitrogen and oxygen atoms in total. The van der Waals surface area contributed by atoms with E-state index in [0.717, 1.165) is 12.8 Å². The Morgan fingerprint density at radius 1 is 1.22 bits per heavy atom. The molecule has 0 saturated carbocycles. The molecule has 0 radical (unpaired) electrons. The Bertz CT molecular complexity index is 713. The molecule has 2 aliphatic rings. The number of carbonyl (C=O) groups is 1. The van der Waals surface area contributed by atoms with Crippen LogP contribution in [-0.4, -0.2) is 29.1 Å². The van der Waals surface area contributed by atoms with Crippen LogP contribution in [0.2, 0.25) is 0 Å². The van der Waals surface area contributed by atoms with Crippen molar-refractivity contribution >= 4 is 17.2 Å². The number of thiophene rings is 1. The number of phenolic OH excluding ortho intramolecular Hbond substituents is 1. The van der Waals surface area contributed by atoms with Crippen molar-refractivity contribution in [3.8, 4) is 16.6 Å². The fourth-order valence-electron chi connectivity index (χ4n) is 3.35. The SMILES string of the molecule is O=C(N[C@@H]1C[C@H]2CC[C@@H]1N2)c1ccc(Oc2ccc(O)cc2)s1. The lowest BCUT2D eigenvalue weighted by Crippen LogP contribution is -2.42. The van der Waals surface area contributed by atoms with Crippen molar-refractivity contribution in [3.05, 3.63) is 41.3 Å². The minimum absolute atomic E-state index is 0.0325. The van der Waals surface area contributed by atoms with Gasteiger partial charge in [0, 0.05) is 18.1 Å². The van der Waals surface area contributed by atoms with E-state index in [0.29, 0.717) is 27.8 Å². The molecule has 3 N–H and O–H groups in total. The first-order chi connectivity index (χ1) is 11.2. The second kappa shape index (κ2) is 5.86. The Balaban J connectivity index is 1.39. The molecule has 2 bridgehead atoms. The fraction of sp³-hybridized carbons (Fsp3) is 0.353. The number of aromatic hydroxyl groups is 1. The van der Waals surface area contributed by atoms with Gasteiger partial charge >= 0.3 is 0 Å². The topological polar surface area (TPSA) is 70.6 Å². The fourth-order valence-corrected chi connectivity index (χ4v) is 4.13. The van der Waals surface area contributed by atoms with Crippen LogP contribution in [0, 0.1) is 0 Å². The molecular weight excluding hydrogens is 312 g/mol. The summed E-state index contributed by atoms with van der Waals surface area (Å²) in [6.45, 7) is 0. The Labute approximate surface area is 138 Å². The summed E-state index contributed by atoms with van der Waals surface area (Å²) in [6, 6.07) is 11.3. The predicted octanol–water partition coefficient (Wildman–Crippen LogP) is 2.87. The normalized spacial score (nSPS) is 25.5. The van der Waals surface area contributed by atoms with Crippen LogP contribution in [0.3, 0.4) is 0 Å². The van der Waals surface area contributed by atoms with Crippen LogP contribution >= 0.6 is 11.3 Å². The number of nitrogens with one attached hydrogen (secondary N) is 2. The standard InChI is InChI=1S/C17H18N2O3S/c20-11-2-4-12(5-3-11)22-16-8-7-15(23-16)17(21)19-14-9-10-1-6-13(14)18-10/h2-5,7-8,10,13-14,18,20H,1,6,9H2,(H,19,21)/t10-,13+,14-/m1/s1. The third-order valence-electron chi connectivity index (χ3n) is 4.48. The van der Waals surface area contributed by atoms with E-state index in [2.05, 4.69) is 10.6 Å². The molecule has 2 saturated heterocycles. The number of ether oxygens (including phenoxy) is 1. The van der Waals surface area contributed by atoms with Crippen molar-refractivity contribution in [2.45, 2.75) is 37.4 Å². The van der Waals surface area contributed by atoms with Crippen molar-refractivity contribution in [1.82, 2.24) is 10.6 Å². The molecule has 23 heavy (non-hydrogen) atoms. The number of hydrogen-bond acceptors (Lipinski definition) is 5. The first-order valence-corrected chi connectivity index (χ1v) is 8.63. The van der Waals surface area contributed by atoms with Crippen molar-refractivity contribution in [3.63, 3.8) is 0 Å². The molecule has 1 amide bonds. The highest BCUT2D eigenvalue weighted by atomic mass is 32.1. The highest BCUT2D eigenvalue weighted by Crippen LogP contribution is 2.32. The van der Waals surface area contributed by atoms with Crippen molar-refractivity contribution in [1.29, 1.82) is 0 Å². The Morgan fingerprint density at radius 2 is 2.04 bits per heavy atom. The van der Waals surface area contributed by atoms with Gasteiger partial charge in [-0.25, -0.2) is 0 Å². The quantitative estimate of drug-likeness (QED) is 0.806. The Kier molecular flexibility index (Phi) is 3.71. The molecule has 1 aromatic carbocycles. The molecule has 0 unspecified atom stereocenters. The summed E-state index contributed by atoms with van der Waals surface area (Å²) in [5, 5.41) is 16.6. The van der Waals surface area contributed by atoms with E-state index >= 15 is 0 Å². The van der Waals surface area contributed by atoms with Gasteiger partial charge in [0.15, 0.2) is 5.06 Å². The van der Waals surface area contributed by atoms with Crippen LogP contribution < -0.4 is 15.4 Å². The smallest absolute Gasteiger partial charge is 0.261 e. The number of fused-ring (bicyclic) bond motifs is 2. The molecule has 6 heteroatoms. The van der Waals surface area contributed by atoms with Gasteiger partial charge in [-0.15, -0.1) is 0 Å². The van der Waals surface area contributed by atoms with Gasteiger partial charge in [0.1, 0.15) is 11.5 Å². The Morgan fingerprint density at radius 3 is 2.74 bits per heavy atom. The van der Waals surface area contributed by atoms with Crippen LogP contribution in [0.1, 0.15) is 28.9 Å². The lowest BCUT2D eigenvalue weighted by molar-refractivity contribution is 0.0935. The van der Waals surface area contributed by atoms with Crippen molar-refractivity contribution in [2.75, 3.05) is 0 Å². The summed E-state index contributed by atoms with van der Waals surface area (Å²) in [5.41, 5.74) is 0. The number of rotatable bonds is 4. The predicted molar refractivity (Wildman–Crippen MR) is 88.3 cm³/mol. The van der Waals surface area contributed by atoms with E-state index < -0.39 is 0 Å². The molecule has 2 aliphatic heterocycles. The van der Waals surface area contributed by atoms with Gasteiger partial charge < -0.3 is 20.5 Å². The van der Waals surface area contributed by atoms with Gasteiger partial charge in [0.25, 0.3) is 5.91 Å². The average molecular weight is 330 g/mol. The molecular formula is C17H18N2O3S. The first kappa shape index (κ1) is 14.5. The summed E-state index contributed by atoms with van der Waals surface area (Å²) in [4.78, 5) is 13.0. The molecule has 4 rings (SSSR count). The largest absolute Gasteiger partial charge is 0.508 e. The maximum atomic E-state index is 12.4.